The van der Waals surface area contributed by atoms with Gasteiger partial charge in [0.25, 0.3) is 0 Å². The Morgan fingerprint density at radius 1 is 1.09 bits per heavy atom. The van der Waals surface area contributed by atoms with E-state index in [0.29, 0.717) is 5.69 Å². The molecule has 1 heterocycles. The average Bonchev–Trinajstić information content (AvgIpc) is 2.47. The fourth-order valence-electron chi connectivity index (χ4n) is 1.89. The van der Waals surface area contributed by atoms with E-state index in [4.69, 9.17) is 0 Å². The maximum atomic E-state index is 11.9. The molecule has 1 atom stereocenters. The Morgan fingerprint density at radius 3 is 2.23 bits per heavy atom. The molecule has 2 N–H and O–H groups in total. The molecule has 0 saturated heterocycles. The van der Waals surface area contributed by atoms with E-state index < -0.39 is 9.84 Å². The molecule has 1 aromatic heterocycles. The zero-order valence-electron chi connectivity index (χ0n) is 12.3. The molecule has 7 heteroatoms. The van der Waals surface area contributed by atoms with Crippen LogP contribution in [0, 0.1) is 0 Å². The summed E-state index contributed by atoms with van der Waals surface area (Å²) in [6.07, 6.45) is 4.33. The van der Waals surface area contributed by atoms with Crippen molar-refractivity contribution in [3.8, 4) is 0 Å². The van der Waals surface area contributed by atoms with Gasteiger partial charge in [-0.15, -0.1) is 0 Å². The molecule has 0 unspecified atom stereocenters. The van der Waals surface area contributed by atoms with Crippen molar-refractivity contribution in [3.63, 3.8) is 0 Å². The fourth-order valence-corrected chi connectivity index (χ4v) is 2.52. The highest BCUT2D eigenvalue weighted by Crippen LogP contribution is 2.16. The van der Waals surface area contributed by atoms with Crippen LogP contribution in [-0.2, 0) is 9.84 Å². The van der Waals surface area contributed by atoms with E-state index in [9.17, 15) is 13.2 Å². The summed E-state index contributed by atoms with van der Waals surface area (Å²) in [4.78, 5) is 16.0. The van der Waals surface area contributed by atoms with E-state index in [1.807, 2.05) is 6.92 Å². The zero-order chi connectivity index (χ0) is 16.2. The van der Waals surface area contributed by atoms with Crippen molar-refractivity contribution in [2.45, 2.75) is 17.9 Å². The van der Waals surface area contributed by atoms with Gasteiger partial charge in [-0.25, -0.2) is 13.2 Å². The third-order valence-corrected chi connectivity index (χ3v) is 4.22. The minimum absolute atomic E-state index is 0.254. The molecule has 0 saturated carbocycles. The number of hydrogen-bond donors (Lipinski definition) is 2. The number of amides is 2. The Morgan fingerprint density at radius 2 is 1.68 bits per heavy atom. The molecule has 0 aliphatic rings. The van der Waals surface area contributed by atoms with Crippen molar-refractivity contribution in [3.05, 3.63) is 54.4 Å². The summed E-state index contributed by atoms with van der Waals surface area (Å²) in [7, 11) is -3.21. The summed E-state index contributed by atoms with van der Waals surface area (Å²) < 4.78 is 22.8. The molecular formula is C15H17N3O3S. The van der Waals surface area contributed by atoms with Gasteiger partial charge in [0.2, 0.25) is 0 Å². The van der Waals surface area contributed by atoms with Crippen LogP contribution in [0.15, 0.2) is 53.7 Å². The van der Waals surface area contributed by atoms with E-state index in [2.05, 4.69) is 15.6 Å². The highest BCUT2D eigenvalue weighted by atomic mass is 32.2. The van der Waals surface area contributed by atoms with Gasteiger partial charge in [-0.1, -0.05) is 12.1 Å². The van der Waals surface area contributed by atoms with Crippen molar-refractivity contribution in [2.75, 3.05) is 11.6 Å². The van der Waals surface area contributed by atoms with Crippen molar-refractivity contribution in [1.29, 1.82) is 0 Å². The smallest absolute Gasteiger partial charge is 0.319 e. The SMILES string of the molecule is C[C@H](NC(=O)Nc1ccncc1)c1ccc(S(C)(=O)=O)cc1. The normalized spacial score (nSPS) is 12.5. The van der Waals surface area contributed by atoms with Gasteiger partial charge in [-0.05, 0) is 36.8 Å². The lowest BCUT2D eigenvalue weighted by Gasteiger charge is -2.15. The number of aromatic nitrogens is 1. The number of rotatable bonds is 4. The average molecular weight is 319 g/mol. The molecule has 0 spiro atoms. The summed E-state index contributed by atoms with van der Waals surface area (Å²) in [5.74, 6) is 0. The lowest BCUT2D eigenvalue weighted by atomic mass is 10.1. The Bertz CT molecular complexity index is 743. The van der Waals surface area contributed by atoms with Crippen molar-refractivity contribution >= 4 is 21.6 Å². The van der Waals surface area contributed by atoms with Crippen LogP contribution >= 0.6 is 0 Å². The Kier molecular flexibility index (Phi) is 4.77. The van der Waals surface area contributed by atoms with E-state index >= 15 is 0 Å². The number of benzene rings is 1. The molecule has 0 aliphatic carbocycles. The second-order valence-corrected chi connectivity index (χ2v) is 6.91. The quantitative estimate of drug-likeness (QED) is 0.905. The molecule has 0 aliphatic heterocycles. The van der Waals surface area contributed by atoms with Crippen LogP contribution in [0.3, 0.4) is 0 Å². The largest absolute Gasteiger partial charge is 0.331 e. The van der Waals surface area contributed by atoms with Gasteiger partial charge in [0.1, 0.15) is 0 Å². The van der Waals surface area contributed by atoms with Gasteiger partial charge < -0.3 is 10.6 Å². The first-order valence-electron chi connectivity index (χ1n) is 6.64. The first-order chi connectivity index (χ1) is 10.4. The maximum absolute atomic E-state index is 11.9. The van der Waals surface area contributed by atoms with E-state index in [-0.39, 0.29) is 17.0 Å². The van der Waals surface area contributed by atoms with Gasteiger partial charge in [0.15, 0.2) is 9.84 Å². The molecule has 1 aromatic carbocycles. The van der Waals surface area contributed by atoms with E-state index in [1.165, 1.54) is 12.1 Å². The second-order valence-electron chi connectivity index (χ2n) is 4.90. The van der Waals surface area contributed by atoms with Crippen LogP contribution in [0.25, 0.3) is 0 Å². The summed E-state index contributed by atoms with van der Waals surface area (Å²) in [5.41, 5.74) is 1.46. The summed E-state index contributed by atoms with van der Waals surface area (Å²) in [6, 6.07) is 9.21. The number of nitrogens with one attached hydrogen (secondary N) is 2. The van der Waals surface area contributed by atoms with Crippen LogP contribution in [0.4, 0.5) is 10.5 Å². The first kappa shape index (κ1) is 16.0. The molecule has 0 radical (unpaired) electrons. The standard InChI is InChI=1S/C15H17N3O3S/c1-11(12-3-5-14(6-4-12)22(2,20)21)17-15(19)18-13-7-9-16-10-8-13/h3-11H,1-2H3,(H2,16,17,18,19)/t11-/m0/s1. The van der Waals surface area contributed by atoms with E-state index in [1.54, 1.807) is 36.7 Å². The third-order valence-electron chi connectivity index (χ3n) is 3.09. The maximum Gasteiger partial charge on any atom is 0.319 e. The molecule has 22 heavy (non-hydrogen) atoms. The van der Waals surface area contributed by atoms with Gasteiger partial charge >= 0.3 is 6.03 Å². The van der Waals surface area contributed by atoms with Crippen LogP contribution in [0.1, 0.15) is 18.5 Å². The number of hydrogen-bond acceptors (Lipinski definition) is 4. The Hall–Kier alpha value is -2.41. The molecule has 0 fully saturated rings. The minimum Gasteiger partial charge on any atom is -0.331 e. The molecule has 6 nitrogen and oxygen atoms in total. The lowest BCUT2D eigenvalue weighted by molar-refractivity contribution is 0.249. The third kappa shape index (κ3) is 4.29. The highest BCUT2D eigenvalue weighted by molar-refractivity contribution is 7.90. The topological polar surface area (TPSA) is 88.2 Å². The van der Waals surface area contributed by atoms with Crippen LogP contribution in [0.2, 0.25) is 0 Å². The number of carbonyl (C=O) groups is 1. The van der Waals surface area contributed by atoms with Crippen molar-refractivity contribution in [1.82, 2.24) is 10.3 Å². The highest BCUT2D eigenvalue weighted by Gasteiger charge is 2.11. The van der Waals surface area contributed by atoms with E-state index in [0.717, 1.165) is 11.8 Å². The number of nitrogens with zero attached hydrogens (tertiary/aromatic N) is 1. The Balaban J connectivity index is 2.00. The van der Waals surface area contributed by atoms with Gasteiger partial charge in [0.05, 0.1) is 10.9 Å². The summed E-state index contributed by atoms with van der Waals surface area (Å²) in [6.45, 7) is 1.82. The number of carbonyl (C=O) groups excluding carboxylic acids is 1. The van der Waals surface area contributed by atoms with Crippen LogP contribution in [0.5, 0.6) is 0 Å². The Labute approximate surface area is 129 Å². The molecule has 116 valence electrons. The van der Waals surface area contributed by atoms with Crippen LogP contribution < -0.4 is 10.6 Å². The number of pyridine rings is 1. The summed E-state index contributed by atoms with van der Waals surface area (Å²) >= 11 is 0. The van der Waals surface area contributed by atoms with Gasteiger partial charge in [-0.2, -0.15) is 0 Å². The van der Waals surface area contributed by atoms with Crippen molar-refractivity contribution < 1.29 is 13.2 Å². The molecule has 2 aromatic rings. The van der Waals surface area contributed by atoms with Gasteiger partial charge in [0, 0.05) is 24.3 Å². The molecule has 0 bridgehead atoms. The van der Waals surface area contributed by atoms with Crippen LogP contribution in [-0.4, -0.2) is 25.7 Å². The molecule has 2 amide bonds. The predicted octanol–water partition coefficient (Wildman–Crippen LogP) is 2.37. The number of anilines is 1. The lowest BCUT2D eigenvalue weighted by Crippen LogP contribution is -2.31. The summed E-state index contributed by atoms with van der Waals surface area (Å²) in [5, 5.41) is 5.48. The number of sulfone groups is 1. The zero-order valence-corrected chi connectivity index (χ0v) is 13.1. The monoisotopic (exact) mass is 319 g/mol. The number of urea groups is 1. The predicted molar refractivity (Wildman–Crippen MR) is 84.4 cm³/mol. The first-order valence-corrected chi connectivity index (χ1v) is 8.53. The fraction of sp³-hybridized carbons (Fsp3) is 0.200. The molecule has 2 rings (SSSR count). The molecular weight excluding hydrogens is 302 g/mol. The minimum atomic E-state index is -3.21. The van der Waals surface area contributed by atoms with Gasteiger partial charge in [-0.3, -0.25) is 4.98 Å². The second kappa shape index (κ2) is 6.57. The van der Waals surface area contributed by atoms with Crippen molar-refractivity contribution in [2.24, 2.45) is 0 Å².